The van der Waals surface area contributed by atoms with Gasteiger partial charge in [0.25, 0.3) is 0 Å². The standard InChI is InChI=1S/C12H12BrN3S/c1-7-3-2-4-9(10(7)13)11-14-15-12(17)16(11)8-5-6-8/h2-4,8H,5-6H2,1H3,(H,15,17). The highest BCUT2D eigenvalue weighted by atomic mass is 79.9. The Labute approximate surface area is 113 Å². The fraction of sp³-hybridized carbons (Fsp3) is 0.333. The number of aromatic amines is 1. The van der Waals surface area contributed by atoms with Gasteiger partial charge in [-0.25, -0.2) is 0 Å². The van der Waals surface area contributed by atoms with Gasteiger partial charge in [-0.3, -0.25) is 9.67 Å². The number of benzene rings is 1. The molecule has 0 bridgehead atoms. The van der Waals surface area contributed by atoms with Gasteiger partial charge in [0.1, 0.15) is 0 Å². The lowest BCUT2D eigenvalue weighted by Crippen LogP contribution is -1.98. The molecular weight excluding hydrogens is 298 g/mol. The zero-order valence-corrected chi connectivity index (χ0v) is 11.8. The topological polar surface area (TPSA) is 33.6 Å². The average molecular weight is 310 g/mol. The molecule has 0 saturated heterocycles. The van der Waals surface area contributed by atoms with Gasteiger partial charge in [0, 0.05) is 16.1 Å². The summed E-state index contributed by atoms with van der Waals surface area (Å²) >= 11 is 8.92. The summed E-state index contributed by atoms with van der Waals surface area (Å²) in [6.07, 6.45) is 2.40. The lowest BCUT2D eigenvalue weighted by atomic mass is 10.1. The van der Waals surface area contributed by atoms with Crippen molar-refractivity contribution in [2.24, 2.45) is 0 Å². The average Bonchev–Trinajstić information content (AvgIpc) is 3.07. The third-order valence-corrected chi connectivity index (χ3v) is 4.39. The molecule has 0 aliphatic heterocycles. The van der Waals surface area contributed by atoms with Gasteiger partial charge in [0.05, 0.1) is 0 Å². The normalized spacial score (nSPS) is 15.2. The maximum atomic E-state index is 5.29. The van der Waals surface area contributed by atoms with Gasteiger partial charge in [-0.15, -0.1) is 0 Å². The number of nitrogens with zero attached hydrogens (tertiary/aromatic N) is 2. The summed E-state index contributed by atoms with van der Waals surface area (Å²) < 4.78 is 3.95. The van der Waals surface area contributed by atoms with Gasteiger partial charge in [0.15, 0.2) is 10.6 Å². The Balaban J connectivity index is 2.21. The minimum atomic E-state index is 0.531. The van der Waals surface area contributed by atoms with E-state index in [2.05, 4.69) is 49.8 Å². The molecule has 0 atom stereocenters. The van der Waals surface area contributed by atoms with Crippen molar-refractivity contribution in [3.05, 3.63) is 33.0 Å². The molecule has 1 heterocycles. The Kier molecular flexibility index (Phi) is 2.67. The van der Waals surface area contributed by atoms with E-state index in [0.717, 1.165) is 20.6 Å². The zero-order valence-electron chi connectivity index (χ0n) is 9.40. The predicted octanol–water partition coefficient (Wildman–Crippen LogP) is 4.01. The van der Waals surface area contributed by atoms with E-state index >= 15 is 0 Å². The van der Waals surface area contributed by atoms with Crippen LogP contribution in [0, 0.1) is 11.7 Å². The van der Waals surface area contributed by atoms with E-state index in [1.807, 2.05) is 6.07 Å². The largest absolute Gasteiger partial charge is 0.297 e. The smallest absolute Gasteiger partial charge is 0.195 e. The molecule has 2 aromatic rings. The molecule has 1 saturated carbocycles. The van der Waals surface area contributed by atoms with Gasteiger partial charge in [-0.2, -0.15) is 5.10 Å². The van der Waals surface area contributed by atoms with E-state index < -0.39 is 0 Å². The van der Waals surface area contributed by atoms with Crippen LogP contribution in [0.1, 0.15) is 24.4 Å². The molecule has 3 rings (SSSR count). The van der Waals surface area contributed by atoms with Crippen molar-refractivity contribution in [3.8, 4) is 11.4 Å². The first-order chi connectivity index (χ1) is 8.18. The van der Waals surface area contributed by atoms with Crippen LogP contribution in [-0.4, -0.2) is 14.8 Å². The van der Waals surface area contributed by atoms with Crippen LogP contribution in [0.15, 0.2) is 22.7 Å². The van der Waals surface area contributed by atoms with E-state index in [1.165, 1.54) is 18.4 Å². The molecule has 0 unspecified atom stereocenters. The molecule has 0 spiro atoms. The number of halogens is 1. The second-order valence-electron chi connectivity index (χ2n) is 4.39. The SMILES string of the molecule is Cc1cccc(-c2n[nH]c(=S)n2C2CC2)c1Br. The maximum Gasteiger partial charge on any atom is 0.195 e. The predicted molar refractivity (Wildman–Crippen MR) is 73.6 cm³/mol. The van der Waals surface area contributed by atoms with Crippen LogP contribution in [0.4, 0.5) is 0 Å². The fourth-order valence-electron chi connectivity index (χ4n) is 1.99. The van der Waals surface area contributed by atoms with Crippen molar-refractivity contribution >= 4 is 28.1 Å². The van der Waals surface area contributed by atoms with Crippen molar-refractivity contribution < 1.29 is 0 Å². The van der Waals surface area contributed by atoms with Crippen LogP contribution in [0.25, 0.3) is 11.4 Å². The Hall–Kier alpha value is -0.940. The number of aryl methyl sites for hydroxylation is 1. The van der Waals surface area contributed by atoms with Crippen LogP contribution in [-0.2, 0) is 0 Å². The van der Waals surface area contributed by atoms with Crippen LogP contribution >= 0.6 is 28.1 Å². The second kappa shape index (κ2) is 4.07. The van der Waals surface area contributed by atoms with Gasteiger partial charge in [-0.05, 0) is 53.5 Å². The Morgan fingerprint density at radius 1 is 1.47 bits per heavy atom. The summed E-state index contributed by atoms with van der Waals surface area (Å²) in [6.45, 7) is 2.08. The summed E-state index contributed by atoms with van der Waals surface area (Å²) in [5, 5.41) is 7.26. The lowest BCUT2D eigenvalue weighted by Gasteiger charge is -2.08. The molecule has 5 heteroatoms. The van der Waals surface area contributed by atoms with E-state index in [4.69, 9.17) is 12.2 Å². The molecule has 0 radical (unpaired) electrons. The summed E-state index contributed by atoms with van der Waals surface area (Å²) in [5.74, 6) is 0.938. The molecule has 88 valence electrons. The van der Waals surface area contributed by atoms with Gasteiger partial charge in [-0.1, -0.05) is 18.2 Å². The van der Waals surface area contributed by atoms with Crippen LogP contribution in [0.3, 0.4) is 0 Å². The van der Waals surface area contributed by atoms with E-state index in [1.54, 1.807) is 0 Å². The number of nitrogens with one attached hydrogen (secondary N) is 1. The van der Waals surface area contributed by atoms with Gasteiger partial charge >= 0.3 is 0 Å². The van der Waals surface area contributed by atoms with Crippen molar-refractivity contribution in [1.29, 1.82) is 0 Å². The van der Waals surface area contributed by atoms with Crippen molar-refractivity contribution in [2.75, 3.05) is 0 Å². The highest BCUT2D eigenvalue weighted by molar-refractivity contribution is 9.10. The Morgan fingerprint density at radius 2 is 2.24 bits per heavy atom. The number of H-pyrrole nitrogens is 1. The highest BCUT2D eigenvalue weighted by Crippen LogP contribution is 2.39. The third kappa shape index (κ3) is 1.87. The zero-order chi connectivity index (χ0) is 12.0. The first kappa shape index (κ1) is 11.2. The minimum Gasteiger partial charge on any atom is -0.297 e. The maximum absolute atomic E-state index is 5.29. The lowest BCUT2D eigenvalue weighted by molar-refractivity contribution is 0.735. The molecule has 3 nitrogen and oxygen atoms in total. The van der Waals surface area contributed by atoms with Crippen LogP contribution in [0.2, 0.25) is 0 Å². The first-order valence-corrected chi connectivity index (χ1v) is 6.81. The monoisotopic (exact) mass is 309 g/mol. The third-order valence-electron chi connectivity index (χ3n) is 3.05. The second-order valence-corrected chi connectivity index (χ2v) is 5.57. The molecule has 1 aromatic heterocycles. The summed E-state index contributed by atoms with van der Waals surface area (Å²) in [7, 11) is 0. The van der Waals surface area contributed by atoms with Crippen molar-refractivity contribution in [3.63, 3.8) is 0 Å². The molecule has 17 heavy (non-hydrogen) atoms. The number of hydrogen-bond acceptors (Lipinski definition) is 2. The highest BCUT2D eigenvalue weighted by Gasteiger charge is 2.28. The van der Waals surface area contributed by atoms with Gasteiger partial charge < -0.3 is 0 Å². The minimum absolute atomic E-state index is 0.531. The van der Waals surface area contributed by atoms with Crippen LogP contribution < -0.4 is 0 Å². The van der Waals surface area contributed by atoms with Crippen molar-refractivity contribution in [1.82, 2.24) is 14.8 Å². The number of rotatable bonds is 2. The van der Waals surface area contributed by atoms with E-state index in [-0.39, 0.29) is 0 Å². The van der Waals surface area contributed by atoms with Crippen LogP contribution in [0.5, 0.6) is 0 Å². The molecule has 1 aromatic carbocycles. The molecular formula is C12H12BrN3S. The Morgan fingerprint density at radius 3 is 2.94 bits per heavy atom. The van der Waals surface area contributed by atoms with E-state index in [0.29, 0.717) is 6.04 Å². The summed E-state index contributed by atoms with van der Waals surface area (Å²) in [6, 6.07) is 6.73. The first-order valence-electron chi connectivity index (χ1n) is 5.61. The Bertz CT molecular complexity index is 625. The number of hydrogen-bond donors (Lipinski definition) is 1. The van der Waals surface area contributed by atoms with E-state index in [9.17, 15) is 0 Å². The number of aromatic nitrogens is 3. The van der Waals surface area contributed by atoms with Crippen molar-refractivity contribution in [2.45, 2.75) is 25.8 Å². The molecule has 1 N–H and O–H groups in total. The summed E-state index contributed by atoms with van der Waals surface area (Å²) in [5.41, 5.74) is 2.31. The molecule has 0 amide bonds. The quantitative estimate of drug-likeness (QED) is 0.850. The fourth-order valence-corrected chi connectivity index (χ4v) is 2.71. The van der Waals surface area contributed by atoms with Gasteiger partial charge in [0.2, 0.25) is 0 Å². The molecule has 1 aliphatic rings. The summed E-state index contributed by atoms with van der Waals surface area (Å²) in [4.78, 5) is 0. The molecule has 1 fully saturated rings. The molecule has 1 aliphatic carbocycles.